The van der Waals surface area contributed by atoms with Crippen LogP contribution in [0.3, 0.4) is 0 Å². The molecule has 1 aliphatic heterocycles. The summed E-state index contributed by atoms with van der Waals surface area (Å²) in [6, 6.07) is 13.9. The van der Waals surface area contributed by atoms with Crippen LogP contribution < -0.4 is 10.3 Å². The van der Waals surface area contributed by atoms with Crippen molar-refractivity contribution in [3.05, 3.63) is 74.8 Å². The highest BCUT2D eigenvalue weighted by molar-refractivity contribution is 6.30. The van der Waals surface area contributed by atoms with Gasteiger partial charge in [-0.05, 0) is 29.8 Å². The topological polar surface area (TPSA) is 89.0 Å². The van der Waals surface area contributed by atoms with Crippen LogP contribution in [-0.4, -0.2) is 30.1 Å². The zero-order chi connectivity index (χ0) is 19.9. The lowest BCUT2D eigenvalue weighted by molar-refractivity contribution is -0.919. The van der Waals surface area contributed by atoms with Crippen LogP contribution in [0.25, 0.3) is 0 Å². The Kier molecular flexibility index (Phi) is 6.73. The van der Waals surface area contributed by atoms with Crippen molar-refractivity contribution >= 4 is 29.4 Å². The number of non-ortho nitro benzene ring substituents is 1. The zero-order valence-electron chi connectivity index (χ0n) is 15.3. The minimum absolute atomic E-state index is 0.0443. The number of hydrogen-bond donors (Lipinski definition) is 2. The first-order valence-corrected chi connectivity index (χ1v) is 9.54. The van der Waals surface area contributed by atoms with Gasteiger partial charge in [0.25, 0.3) is 5.69 Å². The van der Waals surface area contributed by atoms with Gasteiger partial charge in [-0.3, -0.25) is 14.9 Å². The number of piperidine rings is 1. The number of hydrazone groups is 1. The molecule has 1 aliphatic rings. The molecule has 2 N–H and O–H groups in total. The first-order chi connectivity index (χ1) is 13.5. The number of hydrogen-bond acceptors (Lipinski definition) is 4. The zero-order valence-corrected chi connectivity index (χ0v) is 16.1. The number of amides is 1. The van der Waals surface area contributed by atoms with Crippen LogP contribution in [-0.2, 0) is 11.3 Å². The van der Waals surface area contributed by atoms with E-state index < -0.39 is 4.92 Å². The van der Waals surface area contributed by atoms with Crippen molar-refractivity contribution in [1.82, 2.24) is 5.43 Å². The third-order valence-electron chi connectivity index (χ3n) is 4.90. The van der Waals surface area contributed by atoms with E-state index in [1.807, 2.05) is 12.1 Å². The van der Waals surface area contributed by atoms with Gasteiger partial charge in [0.2, 0.25) is 5.91 Å². The molecule has 0 saturated carbocycles. The van der Waals surface area contributed by atoms with E-state index in [9.17, 15) is 14.9 Å². The molecule has 0 bridgehead atoms. The maximum atomic E-state index is 12.3. The van der Waals surface area contributed by atoms with Gasteiger partial charge in [0, 0.05) is 35.6 Å². The molecule has 2 aromatic carbocycles. The summed E-state index contributed by atoms with van der Waals surface area (Å²) >= 11 is 5.92. The molecule has 0 atom stereocenters. The Morgan fingerprint density at radius 1 is 1.25 bits per heavy atom. The highest BCUT2D eigenvalue weighted by Gasteiger charge is 2.27. The molecule has 28 heavy (non-hydrogen) atoms. The number of quaternary nitrogens is 1. The van der Waals surface area contributed by atoms with Gasteiger partial charge < -0.3 is 4.90 Å². The Hall–Kier alpha value is -2.77. The van der Waals surface area contributed by atoms with Crippen LogP contribution in [0.4, 0.5) is 5.69 Å². The Bertz CT molecular complexity index is 862. The minimum Gasteiger partial charge on any atom is -0.331 e. The largest absolute Gasteiger partial charge is 0.331 e. The van der Waals surface area contributed by atoms with Crippen molar-refractivity contribution < 1.29 is 14.6 Å². The lowest BCUT2D eigenvalue weighted by Crippen LogP contribution is -3.11. The molecule has 7 nitrogen and oxygen atoms in total. The van der Waals surface area contributed by atoms with Gasteiger partial charge in [-0.1, -0.05) is 23.7 Å². The van der Waals surface area contributed by atoms with E-state index >= 15 is 0 Å². The quantitative estimate of drug-likeness (QED) is 0.441. The Balaban J connectivity index is 1.44. The lowest BCUT2D eigenvalue weighted by atomic mass is 9.96. The number of nitro groups is 1. The Labute approximate surface area is 168 Å². The van der Waals surface area contributed by atoms with Crippen molar-refractivity contribution in [3.63, 3.8) is 0 Å². The summed E-state index contributed by atoms with van der Waals surface area (Å²) in [5.74, 6) is -0.107. The average Bonchev–Trinajstić information content (AvgIpc) is 2.69. The number of rotatable bonds is 6. The maximum Gasteiger partial charge on any atom is 0.269 e. The molecule has 1 heterocycles. The van der Waals surface area contributed by atoms with Crippen molar-refractivity contribution in [2.24, 2.45) is 11.0 Å². The molecule has 1 saturated heterocycles. The number of nitro benzene ring substituents is 1. The molecule has 2 aromatic rings. The van der Waals surface area contributed by atoms with Crippen LogP contribution in [0.2, 0.25) is 5.02 Å². The van der Waals surface area contributed by atoms with E-state index in [0.29, 0.717) is 5.02 Å². The predicted octanol–water partition coefficient (Wildman–Crippen LogP) is 2.19. The highest BCUT2D eigenvalue weighted by Crippen LogP contribution is 2.13. The molecule has 3 rings (SSSR count). The molecule has 8 heteroatoms. The van der Waals surface area contributed by atoms with Crippen LogP contribution >= 0.6 is 11.6 Å². The first-order valence-electron chi connectivity index (χ1n) is 9.16. The summed E-state index contributed by atoms with van der Waals surface area (Å²) in [6.45, 7) is 2.57. The molecule has 0 spiro atoms. The van der Waals surface area contributed by atoms with E-state index in [-0.39, 0.29) is 17.5 Å². The first kappa shape index (κ1) is 20.0. The molecular weight excluding hydrogens is 380 g/mol. The third-order valence-corrected chi connectivity index (χ3v) is 5.14. The summed E-state index contributed by atoms with van der Waals surface area (Å²) in [5, 5.41) is 15.4. The van der Waals surface area contributed by atoms with Crippen molar-refractivity contribution in [2.45, 2.75) is 19.4 Å². The molecule has 146 valence electrons. The van der Waals surface area contributed by atoms with E-state index in [0.717, 1.165) is 43.6 Å². The van der Waals surface area contributed by atoms with Crippen LogP contribution in [0.1, 0.15) is 24.0 Å². The smallest absolute Gasteiger partial charge is 0.269 e. The summed E-state index contributed by atoms with van der Waals surface area (Å²) < 4.78 is 0. The number of nitrogens with zero attached hydrogens (tertiary/aromatic N) is 2. The van der Waals surface area contributed by atoms with Gasteiger partial charge in [0.15, 0.2) is 0 Å². The van der Waals surface area contributed by atoms with Crippen molar-refractivity contribution in [2.75, 3.05) is 13.1 Å². The Morgan fingerprint density at radius 2 is 1.96 bits per heavy atom. The molecular formula is C20H22ClN4O3+. The number of carbonyl (C=O) groups excluding carboxylic acids is 1. The van der Waals surface area contributed by atoms with Crippen LogP contribution in [0.15, 0.2) is 53.6 Å². The van der Waals surface area contributed by atoms with E-state index in [1.165, 1.54) is 17.0 Å². The third kappa shape index (κ3) is 5.61. The summed E-state index contributed by atoms with van der Waals surface area (Å²) in [5.41, 5.74) is 4.61. The second-order valence-corrected chi connectivity index (χ2v) is 7.35. The fourth-order valence-corrected chi connectivity index (χ4v) is 3.54. The van der Waals surface area contributed by atoms with Crippen molar-refractivity contribution in [3.8, 4) is 0 Å². The number of nitrogens with one attached hydrogen (secondary N) is 2. The summed E-state index contributed by atoms with van der Waals surface area (Å²) in [7, 11) is 0. The van der Waals surface area contributed by atoms with Gasteiger partial charge >= 0.3 is 0 Å². The number of halogens is 1. The average molecular weight is 402 g/mol. The number of benzene rings is 2. The highest BCUT2D eigenvalue weighted by atomic mass is 35.5. The normalized spacial score (nSPS) is 19.5. The van der Waals surface area contributed by atoms with Gasteiger partial charge in [-0.25, -0.2) is 5.43 Å². The summed E-state index contributed by atoms with van der Waals surface area (Å²) in [4.78, 5) is 24.0. The second-order valence-electron chi connectivity index (χ2n) is 6.91. The second kappa shape index (κ2) is 9.43. The summed E-state index contributed by atoms with van der Waals surface area (Å²) in [6.07, 6.45) is 3.17. The van der Waals surface area contributed by atoms with E-state index in [4.69, 9.17) is 11.6 Å². The van der Waals surface area contributed by atoms with Crippen LogP contribution in [0.5, 0.6) is 0 Å². The molecule has 1 fully saturated rings. The minimum atomic E-state index is -0.393. The molecule has 1 amide bonds. The monoisotopic (exact) mass is 401 g/mol. The molecule has 0 aromatic heterocycles. The number of likely N-dealkylation sites (tertiary alicyclic amines) is 1. The maximum absolute atomic E-state index is 12.3. The lowest BCUT2D eigenvalue weighted by Gasteiger charge is -2.28. The predicted molar refractivity (Wildman–Crippen MR) is 107 cm³/mol. The number of carbonyl (C=O) groups is 1. The van der Waals surface area contributed by atoms with Gasteiger partial charge in [-0.2, -0.15) is 5.10 Å². The van der Waals surface area contributed by atoms with E-state index in [1.54, 1.807) is 30.5 Å². The Morgan fingerprint density at radius 3 is 2.61 bits per heavy atom. The van der Waals surface area contributed by atoms with Gasteiger partial charge in [0.05, 0.1) is 30.1 Å². The van der Waals surface area contributed by atoms with Gasteiger partial charge in [-0.15, -0.1) is 0 Å². The molecule has 0 radical (unpaired) electrons. The molecule has 0 unspecified atom stereocenters. The van der Waals surface area contributed by atoms with Gasteiger partial charge in [0.1, 0.15) is 6.54 Å². The standard InChI is InChI=1S/C20H21ClN4O3/c21-18-3-1-2-16(12-18)13-22-23-20(26)17-8-10-24(11-9-17)14-15-4-6-19(7-5-15)25(27)28/h1-7,12-13,17H,8-11,14H2,(H,23,26)/p+1/b22-13-. The molecule has 0 aliphatic carbocycles. The SMILES string of the molecule is O=C(N/N=C\c1cccc(Cl)c1)C1CC[NH+](Cc2ccc([N+](=O)[O-])cc2)CC1. The fourth-order valence-electron chi connectivity index (χ4n) is 3.34. The van der Waals surface area contributed by atoms with Crippen molar-refractivity contribution in [1.29, 1.82) is 0 Å². The van der Waals surface area contributed by atoms with Crippen LogP contribution in [0, 0.1) is 16.0 Å². The van der Waals surface area contributed by atoms with E-state index in [2.05, 4.69) is 10.5 Å². The fraction of sp³-hybridized carbons (Fsp3) is 0.300.